The van der Waals surface area contributed by atoms with E-state index < -0.39 is 0 Å². The average Bonchev–Trinajstić information content (AvgIpc) is 2.19. The number of hydrogen-bond acceptors (Lipinski definition) is 2. The zero-order valence-electron chi connectivity index (χ0n) is 8.82. The minimum Gasteiger partial charge on any atom is -0.328 e. The van der Waals surface area contributed by atoms with Gasteiger partial charge in [0, 0.05) is 12.1 Å². The Hall–Kier alpha value is -0.860. The van der Waals surface area contributed by atoms with Crippen LogP contribution in [0.1, 0.15) is 25.3 Å². The van der Waals surface area contributed by atoms with Crippen LogP contribution >= 0.6 is 0 Å². The fraction of sp³-hybridized carbons (Fsp3) is 0.500. The van der Waals surface area contributed by atoms with E-state index >= 15 is 0 Å². The highest BCUT2D eigenvalue weighted by atomic mass is 14.7. The van der Waals surface area contributed by atoms with Crippen LogP contribution in [0.3, 0.4) is 0 Å². The third-order valence-electron chi connectivity index (χ3n) is 2.47. The van der Waals surface area contributed by atoms with Gasteiger partial charge >= 0.3 is 0 Å². The summed E-state index contributed by atoms with van der Waals surface area (Å²) in [6.07, 6.45) is 2.84. The fourth-order valence-corrected chi connectivity index (χ4v) is 1.56. The molecule has 0 amide bonds. The highest BCUT2D eigenvalue weighted by molar-refractivity contribution is 5.15. The number of benzene rings is 1. The topological polar surface area (TPSA) is 52.0 Å². The molecule has 1 rings (SSSR count). The SMILES string of the molecule is CCC(N)CC(N)Cc1ccccc1. The summed E-state index contributed by atoms with van der Waals surface area (Å²) in [5.41, 5.74) is 13.1. The van der Waals surface area contributed by atoms with Gasteiger partial charge in [-0.15, -0.1) is 0 Å². The molecule has 1 aromatic rings. The van der Waals surface area contributed by atoms with Gasteiger partial charge in [0.1, 0.15) is 0 Å². The van der Waals surface area contributed by atoms with Gasteiger partial charge in [0.15, 0.2) is 0 Å². The summed E-state index contributed by atoms with van der Waals surface area (Å²) in [5, 5.41) is 0. The standard InChI is InChI=1S/C12H20N2/c1-2-11(13)9-12(14)8-10-6-4-3-5-7-10/h3-7,11-12H,2,8-9,13-14H2,1H3. The largest absolute Gasteiger partial charge is 0.328 e. The van der Waals surface area contributed by atoms with Crippen LogP contribution in [0.25, 0.3) is 0 Å². The lowest BCUT2D eigenvalue weighted by Gasteiger charge is -2.15. The third kappa shape index (κ3) is 3.90. The molecule has 4 N–H and O–H groups in total. The molecule has 1 aromatic carbocycles. The van der Waals surface area contributed by atoms with Gasteiger partial charge < -0.3 is 11.5 Å². The van der Waals surface area contributed by atoms with Crippen LogP contribution < -0.4 is 11.5 Å². The second-order valence-corrected chi connectivity index (χ2v) is 3.85. The minimum atomic E-state index is 0.187. The van der Waals surface area contributed by atoms with E-state index in [1.807, 2.05) is 18.2 Å². The van der Waals surface area contributed by atoms with Crippen LogP contribution in [0.15, 0.2) is 30.3 Å². The van der Waals surface area contributed by atoms with Crippen LogP contribution in [0.4, 0.5) is 0 Å². The van der Waals surface area contributed by atoms with E-state index in [0.29, 0.717) is 0 Å². The van der Waals surface area contributed by atoms with E-state index in [2.05, 4.69) is 19.1 Å². The predicted molar refractivity (Wildman–Crippen MR) is 61.0 cm³/mol. The van der Waals surface area contributed by atoms with Crippen LogP contribution in [0.2, 0.25) is 0 Å². The van der Waals surface area contributed by atoms with Gasteiger partial charge in [-0.2, -0.15) is 0 Å². The van der Waals surface area contributed by atoms with Gasteiger partial charge in [0.05, 0.1) is 0 Å². The molecule has 2 heteroatoms. The molecule has 2 nitrogen and oxygen atoms in total. The Morgan fingerprint density at radius 3 is 2.29 bits per heavy atom. The van der Waals surface area contributed by atoms with Crippen molar-refractivity contribution in [2.75, 3.05) is 0 Å². The normalized spacial score (nSPS) is 15.1. The van der Waals surface area contributed by atoms with Crippen molar-refractivity contribution in [2.24, 2.45) is 11.5 Å². The summed E-state index contributed by atoms with van der Waals surface area (Å²) in [5.74, 6) is 0. The first-order chi connectivity index (χ1) is 6.72. The molecular weight excluding hydrogens is 172 g/mol. The summed E-state index contributed by atoms with van der Waals surface area (Å²) >= 11 is 0. The van der Waals surface area contributed by atoms with Crippen molar-refractivity contribution < 1.29 is 0 Å². The van der Waals surface area contributed by atoms with Crippen LogP contribution in [-0.2, 0) is 6.42 Å². The summed E-state index contributed by atoms with van der Waals surface area (Å²) in [7, 11) is 0. The zero-order chi connectivity index (χ0) is 10.4. The lowest BCUT2D eigenvalue weighted by molar-refractivity contribution is 0.509. The predicted octanol–water partition coefficient (Wildman–Crippen LogP) is 1.68. The molecule has 2 atom stereocenters. The molecule has 14 heavy (non-hydrogen) atoms. The molecule has 0 aromatic heterocycles. The van der Waals surface area contributed by atoms with E-state index in [9.17, 15) is 0 Å². The summed E-state index contributed by atoms with van der Waals surface area (Å²) in [6.45, 7) is 2.10. The third-order valence-corrected chi connectivity index (χ3v) is 2.47. The van der Waals surface area contributed by atoms with Crippen LogP contribution in [0, 0.1) is 0 Å². The monoisotopic (exact) mass is 192 g/mol. The van der Waals surface area contributed by atoms with Crippen molar-refractivity contribution in [3.8, 4) is 0 Å². The molecule has 0 saturated carbocycles. The van der Waals surface area contributed by atoms with Gasteiger partial charge in [0.25, 0.3) is 0 Å². The van der Waals surface area contributed by atoms with Crippen molar-refractivity contribution in [2.45, 2.75) is 38.3 Å². The van der Waals surface area contributed by atoms with Crippen molar-refractivity contribution in [3.05, 3.63) is 35.9 Å². The van der Waals surface area contributed by atoms with Crippen molar-refractivity contribution in [3.63, 3.8) is 0 Å². The van der Waals surface area contributed by atoms with Gasteiger partial charge in [-0.05, 0) is 24.8 Å². The van der Waals surface area contributed by atoms with Crippen molar-refractivity contribution in [1.29, 1.82) is 0 Å². The number of nitrogens with two attached hydrogens (primary N) is 2. The second-order valence-electron chi connectivity index (χ2n) is 3.85. The first kappa shape index (κ1) is 11.2. The Morgan fingerprint density at radius 2 is 1.71 bits per heavy atom. The Bertz CT molecular complexity index is 246. The summed E-state index contributed by atoms with van der Waals surface area (Å²) < 4.78 is 0. The highest BCUT2D eigenvalue weighted by Gasteiger charge is 2.08. The molecule has 0 aliphatic rings. The lowest BCUT2D eigenvalue weighted by atomic mass is 9.99. The van der Waals surface area contributed by atoms with Gasteiger partial charge in [-0.1, -0.05) is 37.3 Å². The molecule has 0 aliphatic heterocycles. The minimum absolute atomic E-state index is 0.187. The fourth-order valence-electron chi connectivity index (χ4n) is 1.56. The highest BCUT2D eigenvalue weighted by Crippen LogP contribution is 2.06. The maximum atomic E-state index is 6.00. The first-order valence-electron chi connectivity index (χ1n) is 5.27. The van der Waals surface area contributed by atoms with Gasteiger partial charge in [0.2, 0.25) is 0 Å². The Morgan fingerprint density at radius 1 is 1.07 bits per heavy atom. The van der Waals surface area contributed by atoms with E-state index in [1.54, 1.807) is 0 Å². The molecule has 0 radical (unpaired) electrons. The zero-order valence-corrected chi connectivity index (χ0v) is 8.82. The van der Waals surface area contributed by atoms with Gasteiger partial charge in [-0.3, -0.25) is 0 Å². The lowest BCUT2D eigenvalue weighted by Crippen LogP contribution is -2.32. The molecular formula is C12H20N2. The molecule has 2 unspecified atom stereocenters. The van der Waals surface area contributed by atoms with E-state index in [4.69, 9.17) is 11.5 Å². The molecule has 78 valence electrons. The molecule has 0 aliphatic carbocycles. The maximum absolute atomic E-state index is 6.00. The van der Waals surface area contributed by atoms with Gasteiger partial charge in [-0.25, -0.2) is 0 Å². The van der Waals surface area contributed by atoms with Crippen LogP contribution in [0.5, 0.6) is 0 Å². The molecule has 0 bridgehead atoms. The first-order valence-corrected chi connectivity index (χ1v) is 5.27. The van der Waals surface area contributed by atoms with Crippen molar-refractivity contribution in [1.82, 2.24) is 0 Å². The molecule has 0 spiro atoms. The average molecular weight is 192 g/mol. The number of rotatable bonds is 5. The summed E-state index contributed by atoms with van der Waals surface area (Å²) in [6, 6.07) is 10.8. The second kappa shape index (κ2) is 5.78. The van der Waals surface area contributed by atoms with E-state index in [1.165, 1.54) is 5.56 Å². The van der Waals surface area contributed by atoms with E-state index in [-0.39, 0.29) is 12.1 Å². The van der Waals surface area contributed by atoms with Crippen LogP contribution in [-0.4, -0.2) is 12.1 Å². The Labute approximate surface area is 86.3 Å². The number of hydrogen-bond donors (Lipinski definition) is 2. The quantitative estimate of drug-likeness (QED) is 0.746. The molecule has 0 saturated heterocycles. The Balaban J connectivity index is 2.37. The molecule has 0 heterocycles. The maximum Gasteiger partial charge on any atom is 0.00940 e. The Kier molecular flexibility index (Phi) is 4.63. The molecule has 0 fully saturated rings. The van der Waals surface area contributed by atoms with Crippen molar-refractivity contribution >= 4 is 0 Å². The summed E-state index contributed by atoms with van der Waals surface area (Å²) in [4.78, 5) is 0. The smallest absolute Gasteiger partial charge is 0.00940 e. The van der Waals surface area contributed by atoms with E-state index in [0.717, 1.165) is 19.3 Å².